The second-order valence-corrected chi connectivity index (χ2v) is 3.97. The second kappa shape index (κ2) is 4.33. The number of hydrogen-bond donors (Lipinski definition) is 2. The van der Waals surface area contributed by atoms with E-state index in [1.807, 2.05) is 54.6 Å². The maximum Gasteiger partial charge on any atom is 0.122 e. The molecule has 18 heavy (non-hydrogen) atoms. The molecule has 88 valence electrons. The lowest BCUT2D eigenvalue weighted by Gasteiger charge is -2.04. The smallest absolute Gasteiger partial charge is 0.122 e. The van der Waals surface area contributed by atoms with Crippen molar-refractivity contribution >= 4 is 5.69 Å². The van der Waals surface area contributed by atoms with Gasteiger partial charge in [0, 0.05) is 16.8 Å². The first-order valence-electron chi connectivity index (χ1n) is 5.67. The number of hydrogen-bond acceptors (Lipinski definition) is 3. The minimum Gasteiger partial charge on any atom is -0.398 e. The zero-order valence-corrected chi connectivity index (χ0v) is 9.67. The number of nitrogens with zero attached hydrogens (tertiary/aromatic N) is 2. The van der Waals surface area contributed by atoms with Crippen LogP contribution in [0.15, 0.2) is 54.6 Å². The van der Waals surface area contributed by atoms with Gasteiger partial charge in [0.05, 0.1) is 0 Å². The number of aromatic amines is 1. The molecular formula is C14H12N4. The highest BCUT2D eigenvalue weighted by molar-refractivity contribution is 5.83. The van der Waals surface area contributed by atoms with Gasteiger partial charge < -0.3 is 5.73 Å². The molecule has 4 heteroatoms. The molecule has 0 saturated carbocycles. The number of anilines is 1. The van der Waals surface area contributed by atoms with Crippen molar-refractivity contribution in [2.24, 2.45) is 0 Å². The molecule has 0 radical (unpaired) electrons. The van der Waals surface area contributed by atoms with Crippen LogP contribution >= 0.6 is 0 Å². The normalized spacial score (nSPS) is 10.4. The quantitative estimate of drug-likeness (QED) is 0.672. The third-order valence-corrected chi connectivity index (χ3v) is 2.81. The van der Waals surface area contributed by atoms with Crippen LogP contribution in [0.4, 0.5) is 5.69 Å². The van der Waals surface area contributed by atoms with Crippen molar-refractivity contribution in [3.8, 4) is 22.5 Å². The third kappa shape index (κ3) is 1.73. The van der Waals surface area contributed by atoms with Crippen LogP contribution in [0, 0.1) is 0 Å². The van der Waals surface area contributed by atoms with Gasteiger partial charge in [-0.05, 0) is 6.07 Å². The lowest BCUT2D eigenvalue weighted by atomic mass is 10.0. The number of nitrogen functional groups attached to an aromatic ring is 1. The molecule has 0 spiro atoms. The number of nitrogens with one attached hydrogen (secondary N) is 1. The number of para-hydroxylation sites is 1. The van der Waals surface area contributed by atoms with E-state index < -0.39 is 0 Å². The molecule has 0 bridgehead atoms. The van der Waals surface area contributed by atoms with Gasteiger partial charge >= 0.3 is 0 Å². The van der Waals surface area contributed by atoms with Gasteiger partial charge in [0.2, 0.25) is 0 Å². The fourth-order valence-electron chi connectivity index (χ4n) is 1.93. The highest BCUT2D eigenvalue weighted by Gasteiger charge is 2.13. The van der Waals surface area contributed by atoms with Crippen LogP contribution in [0.5, 0.6) is 0 Å². The molecule has 4 nitrogen and oxygen atoms in total. The first kappa shape index (κ1) is 10.5. The monoisotopic (exact) mass is 236 g/mol. The van der Waals surface area contributed by atoms with Crippen molar-refractivity contribution in [2.45, 2.75) is 0 Å². The number of H-pyrrole nitrogens is 1. The molecule has 0 saturated heterocycles. The number of nitrogens with two attached hydrogens (primary N) is 1. The van der Waals surface area contributed by atoms with Crippen LogP contribution in [0.1, 0.15) is 0 Å². The van der Waals surface area contributed by atoms with Crippen LogP contribution in [-0.4, -0.2) is 15.4 Å². The molecule has 1 aromatic heterocycles. The minimum absolute atomic E-state index is 0.698. The van der Waals surface area contributed by atoms with Crippen LogP contribution in [0.25, 0.3) is 22.5 Å². The first-order valence-corrected chi connectivity index (χ1v) is 5.67. The van der Waals surface area contributed by atoms with Crippen molar-refractivity contribution in [2.75, 3.05) is 5.73 Å². The molecule has 2 aromatic carbocycles. The van der Waals surface area contributed by atoms with E-state index in [1.54, 1.807) is 0 Å². The van der Waals surface area contributed by atoms with Crippen molar-refractivity contribution < 1.29 is 0 Å². The van der Waals surface area contributed by atoms with Crippen molar-refractivity contribution in [3.05, 3.63) is 54.6 Å². The molecular weight excluding hydrogens is 224 g/mol. The fourth-order valence-corrected chi connectivity index (χ4v) is 1.93. The van der Waals surface area contributed by atoms with E-state index in [9.17, 15) is 0 Å². The fraction of sp³-hybridized carbons (Fsp3) is 0. The summed E-state index contributed by atoms with van der Waals surface area (Å²) in [5.74, 6) is 0. The Morgan fingerprint density at radius 2 is 1.44 bits per heavy atom. The summed E-state index contributed by atoms with van der Waals surface area (Å²) in [7, 11) is 0. The van der Waals surface area contributed by atoms with Gasteiger partial charge in [-0.2, -0.15) is 15.4 Å². The zero-order chi connectivity index (χ0) is 12.4. The molecule has 0 atom stereocenters. The van der Waals surface area contributed by atoms with E-state index in [0.29, 0.717) is 5.69 Å². The second-order valence-electron chi connectivity index (χ2n) is 3.97. The highest BCUT2D eigenvalue weighted by atomic mass is 15.3. The van der Waals surface area contributed by atoms with Crippen LogP contribution in [0.2, 0.25) is 0 Å². The SMILES string of the molecule is Nc1ccccc1-c1n[nH]nc1-c1ccccc1. The average molecular weight is 236 g/mol. The Labute approximate surface area is 104 Å². The lowest BCUT2D eigenvalue weighted by molar-refractivity contribution is 0.944. The van der Waals surface area contributed by atoms with Gasteiger partial charge in [-0.25, -0.2) is 0 Å². The Hall–Kier alpha value is -2.62. The summed E-state index contributed by atoms with van der Waals surface area (Å²) in [6.45, 7) is 0. The molecule has 0 fully saturated rings. The summed E-state index contributed by atoms with van der Waals surface area (Å²) in [5.41, 5.74) is 10.2. The summed E-state index contributed by atoms with van der Waals surface area (Å²) < 4.78 is 0. The molecule has 1 heterocycles. The molecule has 0 aliphatic rings. The van der Waals surface area contributed by atoms with E-state index in [2.05, 4.69) is 15.4 Å². The Morgan fingerprint density at radius 3 is 2.22 bits per heavy atom. The minimum atomic E-state index is 0.698. The number of rotatable bonds is 2. The molecule has 0 unspecified atom stereocenters. The van der Waals surface area contributed by atoms with Crippen molar-refractivity contribution in [3.63, 3.8) is 0 Å². The topological polar surface area (TPSA) is 67.6 Å². The molecule has 0 aliphatic heterocycles. The predicted octanol–water partition coefficient (Wildman–Crippen LogP) is 2.72. The van der Waals surface area contributed by atoms with Gasteiger partial charge in [-0.15, -0.1) is 0 Å². The van der Waals surface area contributed by atoms with Gasteiger partial charge in [0.25, 0.3) is 0 Å². The summed E-state index contributed by atoms with van der Waals surface area (Å²) in [5, 5.41) is 11.1. The Bertz CT molecular complexity index is 658. The summed E-state index contributed by atoms with van der Waals surface area (Å²) in [6, 6.07) is 17.6. The van der Waals surface area contributed by atoms with Gasteiger partial charge in [-0.3, -0.25) is 0 Å². The maximum atomic E-state index is 5.98. The van der Waals surface area contributed by atoms with Crippen molar-refractivity contribution in [1.29, 1.82) is 0 Å². The number of benzene rings is 2. The Kier molecular flexibility index (Phi) is 2.53. The average Bonchev–Trinajstić information content (AvgIpc) is 2.89. The predicted molar refractivity (Wildman–Crippen MR) is 71.7 cm³/mol. The maximum absolute atomic E-state index is 5.98. The molecule has 3 rings (SSSR count). The van der Waals surface area contributed by atoms with E-state index in [0.717, 1.165) is 22.5 Å². The summed E-state index contributed by atoms with van der Waals surface area (Å²) in [4.78, 5) is 0. The van der Waals surface area contributed by atoms with Gasteiger partial charge in [-0.1, -0.05) is 48.5 Å². The highest BCUT2D eigenvalue weighted by Crippen LogP contribution is 2.31. The zero-order valence-electron chi connectivity index (χ0n) is 9.67. The van der Waals surface area contributed by atoms with E-state index in [1.165, 1.54) is 0 Å². The lowest BCUT2D eigenvalue weighted by Crippen LogP contribution is -1.91. The third-order valence-electron chi connectivity index (χ3n) is 2.81. The largest absolute Gasteiger partial charge is 0.398 e. The Balaban J connectivity index is 2.16. The van der Waals surface area contributed by atoms with E-state index >= 15 is 0 Å². The number of aromatic nitrogens is 3. The summed E-state index contributed by atoms with van der Waals surface area (Å²) in [6.07, 6.45) is 0. The molecule has 3 aromatic rings. The summed E-state index contributed by atoms with van der Waals surface area (Å²) >= 11 is 0. The first-order chi connectivity index (χ1) is 8.86. The van der Waals surface area contributed by atoms with Gasteiger partial charge in [0.1, 0.15) is 11.4 Å². The van der Waals surface area contributed by atoms with Crippen LogP contribution in [-0.2, 0) is 0 Å². The van der Waals surface area contributed by atoms with Crippen molar-refractivity contribution in [1.82, 2.24) is 15.4 Å². The van der Waals surface area contributed by atoms with Gasteiger partial charge in [0.15, 0.2) is 0 Å². The Morgan fingerprint density at radius 1 is 0.778 bits per heavy atom. The molecule has 0 aliphatic carbocycles. The molecule has 0 amide bonds. The van der Waals surface area contributed by atoms with Crippen LogP contribution in [0.3, 0.4) is 0 Å². The molecule has 3 N–H and O–H groups in total. The van der Waals surface area contributed by atoms with E-state index in [4.69, 9.17) is 5.73 Å². The van der Waals surface area contributed by atoms with E-state index in [-0.39, 0.29) is 0 Å². The van der Waals surface area contributed by atoms with Crippen LogP contribution < -0.4 is 5.73 Å². The standard InChI is InChI=1S/C14H12N4/c15-12-9-5-4-8-11(12)14-13(16-18-17-14)10-6-2-1-3-7-10/h1-9H,15H2,(H,16,17,18).